The largest absolute Gasteiger partial charge is 0.450 e. The molecule has 1 amide bonds. The number of hydrogen-bond acceptors (Lipinski definition) is 4. The standard InChI is InChI=1S/C14H22N2O2S/c1-3-18-14(17)16-8-6-12(7-9-16)15-11(2)13-5-4-10-19-13/h4-5,10-12,15H,3,6-9H2,1-2H3/t11-/m0/s1. The molecule has 0 bridgehead atoms. The van der Waals surface area contributed by atoms with Crippen LogP contribution in [0.15, 0.2) is 17.5 Å². The van der Waals surface area contributed by atoms with Crippen molar-refractivity contribution in [3.8, 4) is 0 Å². The molecule has 1 atom stereocenters. The normalized spacial score (nSPS) is 18.3. The van der Waals surface area contributed by atoms with Crippen molar-refractivity contribution in [2.45, 2.75) is 38.8 Å². The highest BCUT2D eigenvalue weighted by atomic mass is 32.1. The number of carbonyl (C=O) groups excluding carboxylic acids is 1. The Kier molecular flexibility index (Phi) is 5.22. The van der Waals surface area contributed by atoms with E-state index in [-0.39, 0.29) is 6.09 Å². The molecule has 1 saturated heterocycles. The predicted molar refractivity (Wildman–Crippen MR) is 77.5 cm³/mol. The second-order valence-corrected chi connectivity index (χ2v) is 5.84. The fourth-order valence-corrected chi connectivity index (χ4v) is 3.16. The van der Waals surface area contributed by atoms with Gasteiger partial charge in [0, 0.05) is 30.1 Å². The second kappa shape index (κ2) is 6.91. The van der Waals surface area contributed by atoms with Crippen LogP contribution < -0.4 is 5.32 Å². The molecule has 0 radical (unpaired) electrons. The van der Waals surface area contributed by atoms with Gasteiger partial charge in [0.15, 0.2) is 0 Å². The Morgan fingerprint density at radius 2 is 2.32 bits per heavy atom. The Hall–Kier alpha value is -1.07. The molecular weight excluding hydrogens is 260 g/mol. The number of likely N-dealkylation sites (tertiary alicyclic amines) is 1. The third-order valence-electron chi connectivity index (χ3n) is 3.48. The number of piperidine rings is 1. The molecule has 0 spiro atoms. The van der Waals surface area contributed by atoms with Crippen LogP contribution in [0, 0.1) is 0 Å². The third-order valence-corrected chi connectivity index (χ3v) is 4.53. The highest BCUT2D eigenvalue weighted by Crippen LogP contribution is 2.21. The van der Waals surface area contributed by atoms with Gasteiger partial charge >= 0.3 is 6.09 Å². The van der Waals surface area contributed by atoms with Crippen molar-refractivity contribution < 1.29 is 9.53 Å². The number of thiophene rings is 1. The Bertz CT molecular complexity index is 386. The monoisotopic (exact) mass is 282 g/mol. The molecule has 1 fully saturated rings. The van der Waals surface area contributed by atoms with Gasteiger partial charge in [0.25, 0.3) is 0 Å². The van der Waals surface area contributed by atoms with Gasteiger partial charge in [-0.3, -0.25) is 0 Å². The van der Waals surface area contributed by atoms with Gasteiger partial charge < -0.3 is 15.0 Å². The Labute approximate surface area is 118 Å². The van der Waals surface area contributed by atoms with Gasteiger partial charge in [-0.05, 0) is 38.1 Å². The number of rotatable bonds is 4. The van der Waals surface area contributed by atoms with Crippen molar-refractivity contribution in [1.82, 2.24) is 10.2 Å². The molecular formula is C14H22N2O2S. The van der Waals surface area contributed by atoms with Crippen molar-refractivity contribution in [3.63, 3.8) is 0 Å². The predicted octanol–water partition coefficient (Wildman–Crippen LogP) is 3.02. The summed E-state index contributed by atoms with van der Waals surface area (Å²) < 4.78 is 5.02. The minimum absolute atomic E-state index is 0.174. The summed E-state index contributed by atoms with van der Waals surface area (Å²) >= 11 is 1.78. The fraction of sp³-hybridized carbons (Fsp3) is 0.643. The zero-order valence-electron chi connectivity index (χ0n) is 11.6. The van der Waals surface area contributed by atoms with Gasteiger partial charge in [0.1, 0.15) is 0 Å². The number of amides is 1. The number of nitrogens with one attached hydrogen (secondary N) is 1. The van der Waals surface area contributed by atoms with Crippen molar-refractivity contribution in [3.05, 3.63) is 22.4 Å². The van der Waals surface area contributed by atoms with E-state index in [4.69, 9.17) is 4.74 Å². The maximum atomic E-state index is 11.6. The first-order valence-corrected chi connectivity index (χ1v) is 7.79. The molecule has 0 saturated carbocycles. The minimum atomic E-state index is -0.174. The van der Waals surface area contributed by atoms with Gasteiger partial charge in [-0.2, -0.15) is 0 Å². The second-order valence-electron chi connectivity index (χ2n) is 4.86. The zero-order valence-corrected chi connectivity index (χ0v) is 12.4. The maximum absolute atomic E-state index is 11.6. The van der Waals surface area contributed by atoms with E-state index in [1.54, 1.807) is 16.2 Å². The highest BCUT2D eigenvalue weighted by molar-refractivity contribution is 7.10. The van der Waals surface area contributed by atoms with Crippen LogP contribution in [0.2, 0.25) is 0 Å². The summed E-state index contributed by atoms with van der Waals surface area (Å²) in [6, 6.07) is 5.12. The first kappa shape index (κ1) is 14.3. The van der Waals surface area contributed by atoms with Gasteiger partial charge in [-0.1, -0.05) is 6.07 Å². The Balaban J connectivity index is 1.76. The van der Waals surface area contributed by atoms with Crippen LogP contribution in [-0.2, 0) is 4.74 Å². The van der Waals surface area contributed by atoms with Crippen LogP contribution in [0.3, 0.4) is 0 Å². The maximum Gasteiger partial charge on any atom is 0.409 e. The molecule has 1 aliphatic rings. The van der Waals surface area contributed by atoms with Gasteiger partial charge in [0.2, 0.25) is 0 Å². The molecule has 0 aromatic carbocycles. The fourth-order valence-electron chi connectivity index (χ4n) is 2.42. The lowest BCUT2D eigenvalue weighted by molar-refractivity contribution is 0.0944. The molecule has 106 valence electrons. The zero-order chi connectivity index (χ0) is 13.7. The van der Waals surface area contributed by atoms with Crippen molar-refractivity contribution >= 4 is 17.4 Å². The average molecular weight is 282 g/mol. The summed E-state index contributed by atoms with van der Waals surface area (Å²) in [6.07, 6.45) is 1.82. The topological polar surface area (TPSA) is 41.6 Å². The van der Waals surface area contributed by atoms with E-state index in [0.29, 0.717) is 18.7 Å². The van der Waals surface area contributed by atoms with Crippen LogP contribution in [0.1, 0.15) is 37.6 Å². The molecule has 2 heterocycles. The summed E-state index contributed by atoms with van der Waals surface area (Å²) in [7, 11) is 0. The number of carbonyl (C=O) groups is 1. The van der Waals surface area contributed by atoms with Crippen LogP contribution in [0.4, 0.5) is 4.79 Å². The van der Waals surface area contributed by atoms with Gasteiger partial charge in [0.05, 0.1) is 6.61 Å². The Morgan fingerprint density at radius 3 is 2.89 bits per heavy atom. The van der Waals surface area contributed by atoms with E-state index in [2.05, 4.69) is 29.8 Å². The SMILES string of the molecule is CCOC(=O)N1CCC(N[C@@H](C)c2cccs2)CC1. The molecule has 1 aromatic rings. The van der Waals surface area contributed by atoms with E-state index in [0.717, 1.165) is 25.9 Å². The molecule has 1 aromatic heterocycles. The molecule has 5 heteroatoms. The molecule has 4 nitrogen and oxygen atoms in total. The molecule has 19 heavy (non-hydrogen) atoms. The van der Waals surface area contributed by atoms with Crippen molar-refractivity contribution in [2.24, 2.45) is 0 Å². The van der Waals surface area contributed by atoms with Crippen LogP contribution >= 0.6 is 11.3 Å². The van der Waals surface area contributed by atoms with E-state index < -0.39 is 0 Å². The minimum Gasteiger partial charge on any atom is -0.450 e. The summed E-state index contributed by atoms with van der Waals surface area (Å²) in [4.78, 5) is 14.8. The first-order chi connectivity index (χ1) is 9.20. The molecule has 1 aliphatic heterocycles. The van der Waals surface area contributed by atoms with E-state index >= 15 is 0 Å². The van der Waals surface area contributed by atoms with E-state index in [9.17, 15) is 4.79 Å². The van der Waals surface area contributed by atoms with Gasteiger partial charge in [-0.25, -0.2) is 4.79 Å². The first-order valence-electron chi connectivity index (χ1n) is 6.92. The van der Waals surface area contributed by atoms with Crippen molar-refractivity contribution in [2.75, 3.05) is 19.7 Å². The molecule has 0 aliphatic carbocycles. The average Bonchev–Trinajstić information content (AvgIpc) is 2.94. The summed E-state index contributed by atoms with van der Waals surface area (Å²) in [6.45, 7) is 6.06. The lowest BCUT2D eigenvalue weighted by Gasteiger charge is -2.33. The highest BCUT2D eigenvalue weighted by Gasteiger charge is 2.24. The van der Waals surface area contributed by atoms with Gasteiger partial charge in [-0.15, -0.1) is 11.3 Å². The summed E-state index contributed by atoms with van der Waals surface area (Å²) in [5, 5.41) is 5.75. The summed E-state index contributed by atoms with van der Waals surface area (Å²) in [5.41, 5.74) is 0. The van der Waals surface area contributed by atoms with Crippen LogP contribution in [0.25, 0.3) is 0 Å². The lowest BCUT2D eigenvalue weighted by Crippen LogP contribution is -2.45. The van der Waals surface area contributed by atoms with E-state index in [1.807, 2.05) is 6.92 Å². The number of ether oxygens (including phenoxy) is 1. The molecule has 1 N–H and O–H groups in total. The number of hydrogen-bond donors (Lipinski definition) is 1. The number of nitrogens with zero attached hydrogens (tertiary/aromatic N) is 1. The lowest BCUT2D eigenvalue weighted by atomic mass is 10.0. The third kappa shape index (κ3) is 3.94. The quantitative estimate of drug-likeness (QED) is 0.923. The van der Waals surface area contributed by atoms with E-state index in [1.165, 1.54) is 4.88 Å². The molecule has 2 rings (SSSR count). The summed E-state index contributed by atoms with van der Waals surface area (Å²) in [5.74, 6) is 0. The van der Waals surface area contributed by atoms with Crippen LogP contribution in [0.5, 0.6) is 0 Å². The smallest absolute Gasteiger partial charge is 0.409 e. The molecule has 0 unspecified atom stereocenters. The Morgan fingerprint density at radius 1 is 1.58 bits per heavy atom. The van der Waals surface area contributed by atoms with Crippen LogP contribution in [-0.4, -0.2) is 36.7 Å². The van der Waals surface area contributed by atoms with Crippen molar-refractivity contribution in [1.29, 1.82) is 0 Å².